The molecule has 0 heterocycles. The number of carbonyl (C=O) groups excluding carboxylic acids is 2. The van der Waals surface area contributed by atoms with E-state index in [-0.39, 0.29) is 11.9 Å². The van der Waals surface area contributed by atoms with Crippen LogP contribution in [-0.2, 0) is 9.59 Å². The van der Waals surface area contributed by atoms with Gasteiger partial charge in [0.05, 0.1) is 0 Å². The van der Waals surface area contributed by atoms with E-state index in [9.17, 15) is 9.59 Å². The average Bonchev–Trinajstić information content (AvgIpc) is 2.62. The van der Waals surface area contributed by atoms with Gasteiger partial charge in [0.15, 0.2) is 11.5 Å². The average molecular weight is 391 g/mol. The second kappa shape index (κ2) is 14.2. The summed E-state index contributed by atoms with van der Waals surface area (Å²) in [6.45, 7) is 8.83. The lowest BCUT2D eigenvalue weighted by Crippen LogP contribution is -2.12. The second-order valence-electron chi connectivity index (χ2n) is 8.38. The smallest absolute Gasteiger partial charge is 0.311 e. The Balaban J connectivity index is 2.36. The maximum Gasteiger partial charge on any atom is 0.311 e. The first-order valence-electron chi connectivity index (χ1n) is 10.9. The number of hydrogen-bond donors (Lipinski definition) is 0. The van der Waals surface area contributed by atoms with Gasteiger partial charge in [0.1, 0.15) is 0 Å². The zero-order valence-electron chi connectivity index (χ0n) is 18.2. The van der Waals surface area contributed by atoms with Crippen LogP contribution in [0.15, 0.2) is 24.3 Å². The molecule has 0 saturated heterocycles. The molecule has 158 valence electrons. The molecule has 0 bridgehead atoms. The standard InChI is InChI=1S/C24H38O4/c1-19(2)13-7-5-9-17-23(25)27-21-15-11-12-16-22(21)28-24(26)18-10-6-8-14-20(3)4/h11-12,15-16,19-20H,5-10,13-14,17-18H2,1-4H3. The molecule has 0 fully saturated rings. The number of benzene rings is 1. The molecule has 0 saturated carbocycles. The van der Waals surface area contributed by atoms with E-state index >= 15 is 0 Å². The second-order valence-corrected chi connectivity index (χ2v) is 8.38. The van der Waals surface area contributed by atoms with Crippen molar-refractivity contribution >= 4 is 11.9 Å². The molecule has 0 atom stereocenters. The van der Waals surface area contributed by atoms with Crippen molar-refractivity contribution in [3.63, 3.8) is 0 Å². The van der Waals surface area contributed by atoms with E-state index in [1.54, 1.807) is 24.3 Å². The number of ether oxygens (including phenoxy) is 2. The molecule has 0 aliphatic carbocycles. The van der Waals surface area contributed by atoms with Crippen LogP contribution in [0, 0.1) is 11.8 Å². The molecule has 28 heavy (non-hydrogen) atoms. The maximum atomic E-state index is 12.1. The fraction of sp³-hybridized carbons (Fsp3) is 0.667. The van der Waals surface area contributed by atoms with Crippen molar-refractivity contribution in [3.05, 3.63) is 24.3 Å². The number of carbonyl (C=O) groups is 2. The van der Waals surface area contributed by atoms with E-state index in [0.717, 1.165) is 38.5 Å². The van der Waals surface area contributed by atoms with Gasteiger partial charge in [0.25, 0.3) is 0 Å². The zero-order valence-corrected chi connectivity index (χ0v) is 18.2. The number of hydrogen-bond acceptors (Lipinski definition) is 4. The largest absolute Gasteiger partial charge is 0.423 e. The molecule has 0 aliphatic heterocycles. The minimum absolute atomic E-state index is 0.276. The van der Waals surface area contributed by atoms with Crippen molar-refractivity contribution in [1.82, 2.24) is 0 Å². The molecular weight excluding hydrogens is 352 g/mol. The summed E-state index contributed by atoms with van der Waals surface area (Å²) < 4.78 is 10.9. The van der Waals surface area contributed by atoms with Crippen LogP contribution in [0.2, 0.25) is 0 Å². The predicted octanol–water partition coefficient (Wildman–Crippen LogP) is 6.71. The lowest BCUT2D eigenvalue weighted by atomic mass is 10.0. The highest BCUT2D eigenvalue weighted by Gasteiger charge is 2.13. The van der Waals surface area contributed by atoms with Gasteiger partial charge >= 0.3 is 11.9 Å². The van der Waals surface area contributed by atoms with Gasteiger partial charge in [-0.25, -0.2) is 0 Å². The van der Waals surface area contributed by atoms with Gasteiger partial charge in [-0.2, -0.15) is 0 Å². The van der Waals surface area contributed by atoms with Crippen molar-refractivity contribution in [2.24, 2.45) is 11.8 Å². The molecule has 1 aromatic rings. The summed E-state index contributed by atoms with van der Waals surface area (Å²) in [5.74, 6) is 1.49. The summed E-state index contributed by atoms with van der Waals surface area (Å²) in [4.78, 5) is 24.2. The maximum absolute atomic E-state index is 12.1. The lowest BCUT2D eigenvalue weighted by Gasteiger charge is -2.10. The summed E-state index contributed by atoms with van der Waals surface area (Å²) in [6, 6.07) is 6.88. The highest BCUT2D eigenvalue weighted by molar-refractivity contribution is 5.76. The zero-order chi connectivity index (χ0) is 20.8. The molecule has 0 N–H and O–H groups in total. The minimum atomic E-state index is -0.276. The molecule has 0 unspecified atom stereocenters. The van der Waals surface area contributed by atoms with E-state index in [4.69, 9.17) is 9.47 Å². The van der Waals surface area contributed by atoms with Crippen LogP contribution in [0.3, 0.4) is 0 Å². The Morgan fingerprint density at radius 1 is 0.679 bits per heavy atom. The molecule has 4 heteroatoms. The molecule has 0 spiro atoms. The minimum Gasteiger partial charge on any atom is -0.423 e. The quantitative estimate of drug-likeness (QED) is 0.201. The number of rotatable bonds is 14. The van der Waals surface area contributed by atoms with E-state index in [1.807, 2.05) is 0 Å². The van der Waals surface area contributed by atoms with Gasteiger partial charge in [-0.05, 0) is 36.8 Å². The first-order valence-corrected chi connectivity index (χ1v) is 10.9. The molecule has 1 rings (SSSR count). The Labute approximate surface area is 171 Å². The monoisotopic (exact) mass is 390 g/mol. The summed E-state index contributed by atoms with van der Waals surface area (Å²) >= 11 is 0. The third-order valence-corrected chi connectivity index (χ3v) is 4.62. The van der Waals surface area contributed by atoms with E-state index in [0.29, 0.717) is 36.2 Å². The van der Waals surface area contributed by atoms with E-state index < -0.39 is 0 Å². The van der Waals surface area contributed by atoms with Gasteiger partial charge < -0.3 is 9.47 Å². The highest BCUT2D eigenvalue weighted by Crippen LogP contribution is 2.27. The third-order valence-electron chi connectivity index (χ3n) is 4.62. The van der Waals surface area contributed by atoms with Crippen molar-refractivity contribution < 1.29 is 19.1 Å². The fourth-order valence-corrected chi connectivity index (χ4v) is 2.96. The molecule has 0 aromatic heterocycles. The van der Waals surface area contributed by atoms with Crippen LogP contribution in [0.1, 0.15) is 91.9 Å². The molecule has 0 radical (unpaired) electrons. The predicted molar refractivity (Wildman–Crippen MR) is 114 cm³/mol. The van der Waals surface area contributed by atoms with Gasteiger partial charge in [0.2, 0.25) is 0 Å². The van der Waals surface area contributed by atoms with Crippen LogP contribution in [0.5, 0.6) is 11.5 Å². The SMILES string of the molecule is CC(C)CCCCCC(=O)Oc1ccccc1OC(=O)CCCCCC(C)C. The summed E-state index contributed by atoms with van der Waals surface area (Å²) in [7, 11) is 0. The van der Waals surface area contributed by atoms with Crippen LogP contribution in [0.25, 0.3) is 0 Å². The lowest BCUT2D eigenvalue weighted by molar-refractivity contribution is -0.137. The van der Waals surface area contributed by atoms with E-state index in [2.05, 4.69) is 27.7 Å². The molecular formula is C24H38O4. The van der Waals surface area contributed by atoms with Crippen molar-refractivity contribution in [1.29, 1.82) is 0 Å². The van der Waals surface area contributed by atoms with Crippen molar-refractivity contribution in [3.8, 4) is 11.5 Å². The number of para-hydroxylation sites is 2. The summed E-state index contributed by atoms with van der Waals surface area (Å²) in [5.41, 5.74) is 0. The van der Waals surface area contributed by atoms with Crippen LogP contribution in [-0.4, -0.2) is 11.9 Å². The van der Waals surface area contributed by atoms with Gasteiger partial charge in [-0.1, -0.05) is 78.4 Å². The normalized spacial score (nSPS) is 11.1. The Hall–Kier alpha value is -1.84. The summed E-state index contributed by atoms with van der Waals surface area (Å²) in [5, 5.41) is 0. The topological polar surface area (TPSA) is 52.6 Å². The number of esters is 2. The van der Waals surface area contributed by atoms with Crippen molar-refractivity contribution in [2.75, 3.05) is 0 Å². The highest BCUT2D eigenvalue weighted by atomic mass is 16.6. The first-order chi connectivity index (χ1) is 13.4. The first kappa shape index (κ1) is 24.2. The Morgan fingerprint density at radius 3 is 1.43 bits per heavy atom. The van der Waals surface area contributed by atoms with Gasteiger partial charge in [0, 0.05) is 12.8 Å². The molecule has 4 nitrogen and oxygen atoms in total. The Morgan fingerprint density at radius 2 is 1.07 bits per heavy atom. The molecule has 1 aromatic carbocycles. The van der Waals surface area contributed by atoms with Crippen LogP contribution >= 0.6 is 0 Å². The van der Waals surface area contributed by atoms with Crippen LogP contribution < -0.4 is 9.47 Å². The van der Waals surface area contributed by atoms with Crippen LogP contribution in [0.4, 0.5) is 0 Å². The van der Waals surface area contributed by atoms with Crippen molar-refractivity contribution in [2.45, 2.75) is 91.9 Å². The molecule has 0 amide bonds. The molecule has 0 aliphatic rings. The fourth-order valence-electron chi connectivity index (χ4n) is 2.96. The Bertz CT molecular complexity index is 527. The third kappa shape index (κ3) is 11.8. The Kier molecular flexibility index (Phi) is 12.3. The van der Waals surface area contributed by atoms with Gasteiger partial charge in [-0.3, -0.25) is 9.59 Å². The van der Waals surface area contributed by atoms with Gasteiger partial charge in [-0.15, -0.1) is 0 Å². The number of unbranched alkanes of at least 4 members (excludes halogenated alkanes) is 4. The summed E-state index contributed by atoms with van der Waals surface area (Å²) in [6.07, 6.45) is 9.12. The van der Waals surface area contributed by atoms with E-state index in [1.165, 1.54) is 12.8 Å².